The molecule has 1 aromatic carbocycles. The average molecular weight is 232 g/mol. The van der Waals surface area contributed by atoms with Gasteiger partial charge in [0.05, 0.1) is 6.61 Å². The molecule has 0 unspecified atom stereocenters. The molecular formula is C12H12N2O3. The first-order valence-electron chi connectivity index (χ1n) is 5.21. The van der Waals surface area contributed by atoms with Gasteiger partial charge in [0.25, 0.3) is 0 Å². The van der Waals surface area contributed by atoms with Crippen LogP contribution in [0.15, 0.2) is 36.4 Å². The number of ether oxygens (including phenoxy) is 1. The van der Waals surface area contributed by atoms with Crippen LogP contribution in [0.1, 0.15) is 16.2 Å². The van der Waals surface area contributed by atoms with Crippen LogP contribution in [0.25, 0.3) is 0 Å². The van der Waals surface area contributed by atoms with Crippen LogP contribution in [0.3, 0.4) is 0 Å². The van der Waals surface area contributed by atoms with Crippen LogP contribution in [0.4, 0.5) is 0 Å². The summed E-state index contributed by atoms with van der Waals surface area (Å²) < 4.78 is 5.48. The molecule has 5 heteroatoms. The molecule has 0 fully saturated rings. The largest absolute Gasteiger partial charge is 0.493 e. The first kappa shape index (κ1) is 11.2. The first-order valence-corrected chi connectivity index (χ1v) is 5.21. The quantitative estimate of drug-likeness (QED) is 0.823. The van der Waals surface area contributed by atoms with Gasteiger partial charge in [0.1, 0.15) is 5.75 Å². The van der Waals surface area contributed by atoms with Crippen molar-refractivity contribution in [1.82, 2.24) is 10.2 Å². The lowest BCUT2D eigenvalue weighted by Gasteiger charge is -2.03. The van der Waals surface area contributed by atoms with E-state index >= 15 is 0 Å². The topological polar surface area (TPSA) is 75.2 Å². The molecule has 2 rings (SSSR count). The van der Waals surface area contributed by atoms with Crippen LogP contribution in [-0.2, 0) is 6.42 Å². The number of H-pyrrole nitrogens is 1. The third-order valence-electron chi connectivity index (χ3n) is 2.23. The van der Waals surface area contributed by atoms with Gasteiger partial charge in [0.15, 0.2) is 5.69 Å². The van der Waals surface area contributed by atoms with Crippen LogP contribution in [0.5, 0.6) is 5.75 Å². The van der Waals surface area contributed by atoms with E-state index in [0.717, 1.165) is 11.4 Å². The molecular weight excluding hydrogens is 220 g/mol. The Labute approximate surface area is 98.0 Å². The Hall–Kier alpha value is -2.30. The van der Waals surface area contributed by atoms with Crippen molar-refractivity contribution in [2.75, 3.05) is 6.61 Å². The molecule has 0 aliphatic heterocycles. The molecule has 0 spiro atoms. The molecule has 0 bridgehead atoms. The number of aromatic nitrogens is 2. The second-order valence-corrected chi connectivity index (χ2v) is 3.50. The lowest BCUT2D eigenvalue weighted by Crippen LogP contribution is -2.01. The molecule has 0 aliphatic rings. The second-order valence-electron chi connectivity index (χ2n) is 3.50. The second kappa shape index (κ2) is 5.16. The van der Waals surface area contributed by atoms with Gasteiger partial charge in [-0.1, -0.05) is 18.2 Å². The van der Waals surface area contributed by atoms with Crippen molar-refractivity contribution in [2.45, 2.75) is 6.42 Å². The van der Waals surface area contributed by atoms with Crippen molar-refractivity contribution in [3.8, 4) is 5.75 Å². The fourth-order valence-electron chi connectivity index (χ4n) is 1.39. The Balaban J connectivity index is 1.84. The van der Waals surface area contributed by atoms with Crippen LogP contribution in [-0.4, -0.2) is 27.9 Å². The number of benzene rings is 1. The predicted molar refractivity (Wildman–Crippen MR) is 61.2 cm³/mol. The first-order chi connectivity index (χ1) is 8.25. The normalized spacial score (nSPS) is 10.1. The highest BCUT2D eigenvalue weighted by Crippen LogP contribution is 2.09. The van der Waals surface area contributed by atoms with E-state index in [9.17, 15) is 4.79 Å². The molecule has 0 saturated carbocycles. The van der Waals surface area contributed by atoms with Crippen molar-refractivity contribution in [3.63, 3.8) is 0 Å². The molecule has 88 valence electrons. The molecule has 5 nitrogen and oxygen atoms in total. The van der Waals surface area contributed by atoms with Crippen LogP contribution >= 0.6 is 0 Å². The Morgan fingerprint density at radius 2 is 2.12 bits per heavy atom. The summed E-state index contributed by atoms with van der Waals surface area (Å²) in [6, 6.07) is 11.0. The van der Waals surface area contributed by atoms with Gasteiger partial charge in [-0.15, -0.1) is 0 Å². The zero-order valence-electron chi connectivity index (χ0n) is 9.09. The van der Waals surface area contributed by atoms with E-state index in [2.05, 4.69) is 10.2 Å². The molecule has 0 radical (unpaired) electrons. The molecule has 2 N–H and O–H groups in total. The van der Waals surface area contributed by atoms with Crippen LogP contribution < -0.4 is 4.74 Å². The highest BCUT2D eigenvalue weighted by atomic mass is 16.5. The number of carbonyl (C=O) groups is 1. The average Bonchev–Trinajstić information content (AvgIpc) is 2.79. The van der Waals surface area contributed by atoms with Crippen molar-refractivity contribution in [3.05, 3.63) is 47.8 Å². The van der Waals surface area contributed by atoms with Crippen LogP contribution in [0.2, 0.25) is 0 Å². The summed E-state index contributed by atoms with van der Waals surface area (Å²) in [5.41, 5.74) is 0.776. The Morgan fingerprint density at radius 1 is 1.35 bits per heavy atom. The number of hydrogen-bond acceptors (Lipinski definition) is 3. The summed E-state index contributed by atoms with van der Waals surface area (Å²) in [6.45, 7) is 0.477. The number of aromatic carboxylic acids is 1. The van der Waals surface area contributed by atoms with E-state index < -0.39 is 5.97 Å². The maximum absolute atomic E-state index is 10.6. The number of rotatable bonds is 5. The minimum atomic E-state index is -1.03. The van der Waals surface area contributed by atoms with E-state index in [1.165, 1.54) is 6.07 Å². The van der Waals surface area contributed by atoms with Gasteiger partial charge in [-0.05, 0) is 18.2 Å². The monoisotopic (exact) mass is 232 g/mol. The summed E-state index contributed by atoms with van der Waals surface area (Å²) in [7, 11) is 0. The maximum atomic E-state index is 10.6. The number of carboxylic acid groups (broad SMARTS) is 1. The van der Waals surface area contributed by atoms with Crippen molar-refractivity contribution in [1.29, 1.82) is 0 Å². The van der Waals surface area contributed by atoms with Crippen LogP contribution in [0, 0.1) is 0 Å². The number of aromatic amines is 1. The number of para-hydroxylation sites is 1. The zero-order valence-corrected chi connectivity index (χ0v) is 9.09. The lowest BCUT2D eigenvalue weighted by atomic mass is 10.3. The summed E-state index contributed by atoms with van der Waals surface area (Å²) in [6.07, 6.45) is 0.592. The fraction of sp³-hybridized carbons (Fsp3) is 0.167. The highest BCUT2D eigenvalue weighted by molar-refractivity contribution is 5.85. The van der Waals surface area contributed by atoms with E-state index in [0.29, 0.717) is 13.0 Å². The Kier molecular flexibility index (Phi) is 3.40. The van der Waals surface area contributed by atoms with Gasteiger partial charge < -0.3 is 9.84 Å². The van der Waals surface area contributed by atoms with Crippen molar-refractivity contribution >= 4 is 5.97 Å². The molecule has 0 aliphatic carbocycles. The predicted octanol–water partition coefficient (Wildman–Crippen LogP) is 1.73. The molecule has 0 amide bonds. The molecule has 0 atom stereocenters. The lowest BCUT2D eigenvalue weighted by molar-refractivity contribution is 0.0690. The SMILES string of the molecule is O=C(O)c1cc(CCOc2ccccc2)[nH]n1. The summed E-state index contributed by atoms with van der Waals surface area (Å²) >= 11 is 0. The smallest absolute Gasteiger partial charge is 0.356 e. The third kappa shape index (κ3) is 3.07. The maximum Gasteiger partial charge on any atom is 0.356 e. The van der Waals surface area contributed by atoms with Gasteiger partial charge in [0.2, 0.25) is 0 Å². The van der Waals surface area contributed by atoms with E-state index in [4.69, 9.17) is 9.84 Å². The van der Waals surface area contributed by atoms with Gasteiger partial charge in [-0.25, -0.2) is 4.79 Å². The highest BCUT2D eigenvalue weighted by Gasteiger charge is 2.07. The standard InChI is InChI=1S/C12H12N2O3/c15-12(16)11-8-9(13-14-11)6-7-17-10-4-2-1-3-5-10/h1-5,8H,6-7H2,(H,13,14)(H,15,16). The molecule has 1 heterocycles. The molecule has 0 saturated heterocycles. The number of nitrogens with one attached hydrogen (secondary N) is 1. The van der Waals surface area contributed by atoms with Crippen molar-refractivity contribution < 1.29 is 14.6 Å². The minimum absolute atomic E-state index is 0.0275. The Bertz CT molecular complexity index is 493. The molecule has 17 heavy (non-hydrogen) atoms. The number of hydrogen-bond donors (Lipinski definition) is 2. The van der Waals surface area contributed by atoms with Gasteiger partial charge >= 0.3 is 5.97 Å². The van der Waals surface area contributed by atoms with Crippen molar-refractivity contribution in [2.24, 2.45) is 0 Å². The minimum Gasteiger partial charge on any atom is -0.493 e. The van der Waals surface area contributed by atoms with Gasteiger partial charge in [0, 0.05) is 12.1 Å². The molecule has 1 aromatic heterocycles. The van der Waals surface area contributed by atoms with E-state index in [1.54, 1.807) is 0 Å². The summed E-state index contributed by atoms with van der Waals surface area (Å²) in [4.78, 5) is 10.6. The van der Waals surface area contributed by atoms with E-state index in [1.807, 2.05) is 30.3 Å². The van der Waals surface area contributed by atoms with Gasteiger partial charge in [-0.3, -0.25) is 5.10 Å². The fourth-order valence-corrected chi connectivity index (χ4v) is 1.39. The van der Waals surface area contributed by atoms with E-state index in [-0.39, 0.29) is 5.69 Å². The zero-order chi connectivity index (χ0) is 12.1. The third-order valence-corrected chi connectivity index (χ3v) is 2.23. The summed E-state index contributed by atoms with van der Waals surface area (Å²) in [5, 5.41) is 15.0. The number of nitrogens with zero attached hydrogens (tertiary/aromatic N) is 1. The summed E-state index contributed by atoms with van der Waals surface area (Å²) in [5.74, 6) is -0.234. The molecule has 2 aromatic rings. The Morgan fingerprint density at radius 3 is 2.76 bits per heavy atom. The van der Waals surface area contributed by atoms with Gasteiger partial charge in [-0.2, -0.15) is 5.10 Å². The number of carboxylic acids is 1.